The molecule has 3 atom stereocenters. The fraction of sp³-hybridized carbons (Fsp3) is 0.304. The van der Waals surface area contributed by atoms with Gasteiger partial charge < -0.3 is 9.80 Å². The minimum Gasteiger partial charge on any atom is -0.334 e. The molecule has 0 aliphatic carbocycles. The zero-order chi connectivity index (χ0) is 24.2. The minimum absolute atomic E-state index is 0.155. The van der Waals surface area contributed by atoms with Crippen LogP contribution in [0.2, 0.25) is 0 Å². The molecule has 2 aromatic carbocycles. The summed E-state index contributed by atoms with van der Waals surface area (Å²) < 4.78 is 40.2. The number of alkyl halides is 3. The third-order valence-electron chi connectivity index (χ3n) is 6.38. The molecule has 3 aliphatic heterocycles. The van der Waals surface area contributed by atoms with Gasteiger partial charge in [-0.05, 0) is 36.8 Å². The molecule has 5 rings (SSSR count). The summed E-state index contributed by atoms with van der Waals surface area (Å²) in [4.78, 5) is 43.8. The first-order valence-corrected chi connectivity index (χ1v) is 11.4. The molecule has 0 spiro atoms. The van der Waals surface area contributed by atoms with E-state index in [1.54, 1.807) is 4.90 Å². The maximum atomic E-state index is 13.4. The SMILES string of the molecule is N#Cc1ccc(N2C(=O)[C@@H]3[C@@H]4C[C@@H](CN4C(=O)CSc4ccccc4)N3C2=O)cc1C(F)(F)F. The van der Waals surface area contributed by atoms with E-state index in [1.165, 1.54) is 22.7 Å². The number of carbonyl (C=O) groups excluding carboxylic acids is 3. The van der Waals surface area contributed by atoms with Crippen LogP contribution in [0.25, 0.3) is 0 Å². The van der Waals surface area contributed by atoms with E-state index in [0.29, 0.717) is 12.5 Å². The third-order valence-corrected chi connectivity index (χ3v) is 7.37. The number of urea groups is 1. The van der Waals surface area contributed by atoms with Gasteiger partial charge in [0.1, 0.15) is 6.04 Å². The molecule has 0 saturated carbocycles. The number of likely N-dealkylation sites (tertiary alicyclic amines) is 1. The Bertz CT molecular complexity index is 1230. The van der Waals surface area contributed by atoms with Crippen molar-refractivity contribution in [3.63, 3.8) is 0 Å². The zero-order valence-electron chi connectivity index (χ0n) is 17.5. The number of hydrogen-bond donors (Lipinski definition) is 0. The summed E-state index contributed by atoms with van der Waals surface area (Å²) in [5.74, 6) is -0.642. The highest BCUT2D eigenvalue weighted by Crippen LogP contribution is 2.43. The monoisotopic (exact) mass is 486 g/mol. The van der Waals surface area contributed by atoms with Gasteiger partial charge in [0.05, 0.1) is 40.7 Å². The van der Waals surface area contributed by atoms with Gasteiger partial charge in [0.2, 0.25) is 5.91 Å². The number of piperazine rings is 1. The molecule has 11 heteroatoms. The lowest BCUT2D eigenvalue weighted by molar-refractivity contribution is -0.138. The van der Waals surface area contributed by atoms with E-state index >= 15 is 0 Å². The normalized spacial score (nSPS) is 23.5. The number of anilines is 1. The van der Waals surface area contributed by atoms with E-state index < -0.39 is 41.3 Å². The Morgan fingerprint density at radius 3 is 2.56 bits per heavy atom. The standard InChI is InChI=1S/C23H17F3N4O3S/c24-23(25,26)17-8-14(7-6-13(17)10-27)30-21(32)20-18-9-15(29(20)22(30)33)11-28(18)19(31)12-34-16-4-2-1-3-5-16/h1-8,15,18,20H,9,11-12H2/t15-,18-,20-/m0/s1. The summed E-state index contributed by atoms with van der Waals surface area (Å²) in [6, 6.07) is 11.1. The highest BCUT2D eigenvalue weighted by atomic mass is 32.2. The van der Waals surface area contributed by atoms with Crippen molar-refractivity contribution in [2.45, 2.75) is 35.6 Å². The maximum absolute atomic E-state index is 13.4. The number of amides is 4. The van der Waals surface area contributed by atoms with Gasteiger partial charge in [0, 0.05) is 11.4 Å². The van der Waals surface area contributed by atoms with Gasteiger partial charge in [0.25, 0.3) is 5.91 Å². The van der Waals surface area contributed by atoms with Crippen LogP contribution in [0.5, 0.6) is 0 Å². The molecule has 3 aliphatic rings. The average molecular weight is 486 g/mol. The lowest BCUT2D eigenvalue weighted by atomic mass is 10.1. The Hall–Kier alpha value is -3.52. The molecular weight excluding hydrogens is 469 g/mol. The molecule has 2 aromatic rings. The first-order chi connectivity index (χ1) is 16.2. The van der Waals surface area contributed by atoms with Crippen molar-refractivity contribution in [1.29, 1.82) is 5.26 Å². The molecule has 2 bridgehead atoms. The maximum Gasteiger partial charge on any atom is 0.417 e. The number of halogens is 3. The van der Waals surface area contributed by atoms with Crippen molar-refractivity contribution in [1.82, 2.24) is 9.80 Å². The largest absolute Gasteiger partial charge is 0.417 e. The first-order valence-electron chi connectivity index (χ1n) is 10.5. The Kier molecular flexibility index (Phi) is 5.28. The number of hydrogen-bond acceptors (Lipinski definition) is 5. The van der Waals surface area contributed by atoms with Gasteiger partial charge in [-0.25, -0.2) is 9.69 Å². The summed E-state index contributed by atoms with van der Waals surface area (Å²) in [6.07, 6.45) is -4.36. The van der Waals surface area contributed by atoms with Gasteiger partial charge >= 0.3 is 12.2 Å². The van der Waals surface area contributed by atoms with Gasteiger partial charge in [-0.15, -0.1) is 11.8 Å². The minimum atomic E-state index is -4.82. The lowest BCUT2D eigenvalue weighted by Crippen LogP contribution is -2.55. The van der Waals surface area contributed by atoms with Crippen molar-refractivity contribution in [3.05, 3.63) is 59.7 Å². The van der Waals surface area contributed by atoms with E-state index in [9.17, 15) is 27.6 Å². The molecule has 0 unspecified atom stereocenters. The Balaban J connectivity index is 1.37. The van der Waals surface area contributed by atoms with Gasteiger partial charge in [-0.3, -0.25) is 9.59 Å². The molecular formula is C23H17F3N4O3S. The van der Waals surface area contributed by atoms with Crippen molar-refractivity contribution in [2.24, 2.45) is 0 Å². The smallest absolute Gasteiger partial charge is 0.334 e. The second-order valence-electron chi connectivity index (χ2n) is 8.25. The van der Waals surface area contributed by atoms with Crippen LogP contribution in [0.4, 0.5) is 23.7 Å². The highest BCUT2D eigenvalue weighted by Gasteiger charge is 2.62. The second kappa shape index (κ2) is 8.06. The van der Waals surface area contributed by atoms with Gasteiger partial charge in [0.15, 0.2) is 0 Å². The van der Waals surface area contributed by atoms with Crippen molar-refractivity contribution in [3.8, 4) is 6.07 Å². The quantitative estimate of drug-likeness (QED) is 0.488. The molecule has 0 radical (unpaired) electrons. The Labute approximate surface area is 196 Å². The van der Waals surface area contributed by atoms with Crippen LogP contribution in [-0.4, -0.2) is 58.1 Å². The molecule has 7 nitrogen and oxygen atoms in total. The number of imide groups is 1. The molecule has 174 valence electrons. The molecule has 34 heavy (non-hydrogen) atoms. The van der Waals surface area contributed by atoms with Crippen molar-refractivity contribution >= 4 is 35.3 Å². The van der Waals surface area contributed by atoms with E-state index in [0.717, 1.165) is 21.9 Å². The summed E-state index contributed by atoms with van der Waals surface area (Å²) in [6.45, 7) is 0.281. The topological polar surface area (TPSA) is 84.7 Å². The number of benzene rings is 2. The lowest BCUT2D eigenvalue weighted by Gasteiger charge is -2.34. The number of thioether (sulfide) groups is 1. The van der Waals surface area contributed by atoms with E-state index in [4.69, 9.17) is 5.26 Å². The van der Waals surface area contributed by atoms with Gasteiger partial charge in [-0.2, -0.15) is 18.4 Å². The molecule has 0 N–H and O–H groups in total. The zero-order valence-corrected chi connectivity index (χ0v) is 18.3. The molecule has 3 saturated heterocycles. The number of fused-ring (bicyclic) bond motifs is 5. The highest BCUT2D eigenvalue weighted by molar-refractivity contribution is 8.00. The predicted octanol–water partition coefficient (Wildman–Crippen LogP) is 3.49. The molecule has 3 fully saturated rings. The summed E-state index contributed by atoms with van der Waals surface area (Å²) in [5.41, 5.74) is -2.05. The number of rotatable bonds is 4. The fourth-order valence-corrected chi connectivity index (χ4v) is 5.74. The van der Waals surface area contributed by atoms with Crippen LogP contribution in [0.1, 0.15) is 17.5 Å². The van der Waals surface area contributed by atoms with Crippen LogP contribution in [0, 0.1) is 11.3 Å². The molecule has 0 aromatic heterocycles. The van der Waals surface area contributed by atoms with Crippen LogP contribution in [0.15, 0.2) is 53.4 Å². The molecule has 4 amide bonds. The first kappa shape index (κ1) is 22.3. The number of carbonyl (C=O) groups is 3. The summed E-state index contributed by atoms with van der Waals surface area (Å²) in [5, 5.41) is 9.00. The summed E-state index contributed by atoms with van der Waals surface area (Å²) >= 11 is 1.37. The number of nitrogens with zero attached hydrogens (tertiary/aromatic N) is 4. The van der Waals surface area contributed by atoms with Crippen LogP contribution < -0.4 is 4.90 Å². The third kappa shape index (κ3) is 3.49. The summed E-state index contributed by atoms with van der Waals surface area (Å²) in [7, 11) is 0. The van der Waals surface area contributed by atoms with Crippen LogP contribution >= 0.6 is 11.8 Å². The molecule has 3 heterocycles. The van der Waals surface area contributed by atoms with Crippen LogP contribution in [-0.2, 0) is 15.8 Å². The van der Waals surface area contributed by atoms with E-state index in [1.807, 2.05) is 30.3 Å². The predicted molar refractivity (Wildman–Crippen MR) is 116 cm³/mol. The van der Waals surface area contributed by atoms with Crippen molar-refractivity contribution in [2.75, 3.05) is 17.2 Å². The van der Waals surface area contributed by atoms with E-state index in [2.05, 4.69) is 0 Å². The fourth-order valence-electron chi connectivity index (χ4n) is 4.93. The van der Waals surface area contributed by atoms with Gasteiger partial charge in [-0.1, -0.05) is 18.2 Å². The Morgan fingerprint density at radius 1 is 1.15 bits per heavy atom. The Morgan fingerprint density at radius 2 is 1.88 bits per heavy atom. The average Bonchev–Trinajstić information content (AvgIpc) is 3.48. The van der Waals surface area contributed by atoms with E-state index in [-0.39, 0.29) is 29.9 Å². The van der Waals surface area contributed by atoms with Crippen molar-refractivity contribution < 1.29 is 27.6 Å². The number of nitriles is 1. The van der Waals surface area contributed by atoms with Crippen LogP contribution in [0.3, 0.4) is 0 Å². The second-order valence-corrected chi connectivity index (χ2v) is 9.30.